The number of nitrogens with zero attached hydrogens (tertiary/aromatic N) is 1. The average molecular weight is 377 g/mol. The summed E-state index contributed by atoms with van der Waals surface area (Å²) >= 11 is 9.72. The molecule has 2 rings (SSSR count). The second-order valence-corrected chi connectivity index (χ2v) is 7.04. The Kier molecular flexibility index (Phi) is 6.35. The van der Waals surface area contributed by atoms with E-state index in [2.05, 4.69) is 34.7 Å². The summed E-state index contributed by atoms with van der Waals surface area (Å²) in [5, 5.41) is 0.662. The Morgan fingerprint density at radius 3 is 2.62 bits per heavy atom. The molecule has 1 heterocycles. The first kappa shape index (κ1) is 17.1. The molecule has 118 valence electrons. The Morgan fingerprint density at radius 2 is 2.00 bits per heavy atom. The largest absolute Gasteiger partial charge is 0.491 e. The zero-order chi connectivity index (χ0) is 15.4. The van der Waals surface area contributed by atoms with Crippen LogP contribution in [-0.4, -0.2) is 43.3 Å². The smallest absolute Gasteiger partial charge is 0.152 e. The molecule has 0 bridgehead atoms. The van der Waals surface area contributed by atoms with Gasteiger partial charge in [-0.05, 0) is 60.8 Å². The number of halogens is 2. The summed E-state index contributed by atoms with van der Waals surface area (Å²) < 4.78 is 12.5. The normalized spacial score (nSPS) is 23.3. The van der Waals surface area contributed by atoms with Crippen LogP contribution in [0.5, 0.6) is 5.75 Å². The van der Waals surface area contributed by atoms with Gasteiger partial charge in [-0.2, -0.15) is 0 Å². The van der Waals surface area contributed by atoms with Crippen molar-refractivity contribution in [2.24, 2.45) is 0 Å². The molecule has 21 heavy (non-hydrogen) atoms. The molecule has 0 spiro atoms. The van der Waals surface area contributed by atoms with E-state index in [-0.39, 0.29) is 0 Å². The van der Waals surface area contributed by atoms with Crippen molar-refractivity contribution < 1.29 is 9.47 Å². The number of rotatable bonds is 5. The molecule has 5 heteroatoms. The van der Waals surface area contributed by atoms with Gasteiger partial charge in [0.15, 0.2) is 5.75 Å². The third-order valence-corrected chi connectivity index (χ3v) is 4.37. The van der Waals surface area contributed by atoms with Crippen LogP contribution in [0.4, 0.5) is 0 Å². The Hall–Kier alpha value is -0.290. The minimum Gasteiger partial charge on any atom is -0.491 e. The van der Waals surface area contributed by atoms with Crippen LogP contribution in [0.25, 0.3) is 0 Å². The first-order valence-electron chi connectivity index (χ1n) is 7.42. The summed E-state index contributed by atoms with van der Waals surface area (Å²) in [6.07, 6.45) is 1.61. The van der Waals surface area contributed by atoms with E-state index in [1.54, 1.807) is 0 Å². The number of benzene rings is 1. The molecule has 1 aliphatic heterocycles. The van der Waals surface area contributed by atoms with Crippen LogP contribution in [0.15, 0.2) is 16.6 Å². The van der Waals surface area contributed by atoms with Crippen LogP contribution in [-0.2, 0) is 4.74 Å². The maximum Gasteiger partial charge on any atom is 0.152 e. The molecule has 0 radical (unpaired) electrons. The molecule has 0 saturated carbocycles. The number of hydrogen-bond donors (Lipinski definition) is 0. The first-order chi connectivity index (χ1) is 9.95. The van der Waals surface area contributed by atoms with Crippen LogP contribution < -0.4 is 4.74 Å². The van der Waals surface area contributed by atoms with E-state index in [0.717, 1.165) is 41.8 Å². The van der Waals surface area contributed by atoms with Gasteiger partial charge in [0.2, 0.25) is 0 Å². The topological polar surface area (TPSA) is 21.7 Å². The zero-order valence-corrected chi connectivity index (χ0v) is 15.2. The Labute approximate surface area is 140 Å². The molecular weight excluding hydrogens is 354 g/mol. The fraction of sp³-hybridized carbons (Fsp3) is 0.625. The SMILES string of the molecule is Cc1cc(Cl)c(OCCCN2C[C@H](C)O[C@@H](C)C2)c(Br)c1. The number of hydrogen-bond acceptors (Lipinski definition) is 3. The fourth-order valence-electron chi connectivity index (χ4n) is 2.75. The van der Waals surface area contributed by atoms with Crippen molar-refractivity contribution in [2.75, 3.05) is 26.2 Å². The van der Waals surface area contributed by atoms with E-state index >= 15 is 0 Å². The highest BCUT2D eigenvalue weighted by Crippen LogP contribution is 2.34. The van der Waals surface area contributed by atoms with Crippen LogP contribution in [0, 0.1) is 6.92 Å². The first-order valence-corrected chi connectivity index (χ1v) is 8.59. The van der Waals surface area contributed by atoms with Gasteiger partial charge < -0.3 is 9.47 Å². The highest BCUT2D eigenvalue weighted by atomic mass is 79.9. The lowest BCUT2D eigenvalue weighted by Crippen LogP contribution is -2.45. The van der Waals surface area contributed by atoms with Gasteiger partial charge in [-0.1, -0.05) is 11.6 Å². The van der Waals surface area contributed by atoms with E-state index in [4.69, 9.17) is 21.1 Å². The molecule has 1 aromatic carbocycles. The van der Waals surface area contributed by atoms with Gasteiger partial charge in [-0.3, -0.25) is 4.90 Å². The summed E-state index contributed by atoms with van der Waals surface area (Å²) in [6.45, 7) is 9.96. The molecule has 0 N–H and O–H groups in total. The highest BCUT2D eigenvalue weighted by molar-refractivity contribution is 9.10. The molecule has 0 amide bonds. The van der Waals surface area contributed by atoms with Gasteiger partial charge in [0, 0.05) is 19.6 Å². The quantitative estimate of drug-likeness (QED) is 0.716. The molecule has 2 atom stereocenters. The van der Waals surface area contributed by atoms with Crippen molar-refractivity contribution in [3.8, 4) is 5.75 Å². The second-order valence-electron chi connectivity index (χ2n) is 5.78. The monoisotopic (exact) mass is 375 g/mol. The second kappa shape index (κ2) is 7.82. The van der Waals surface area contributed by atoms with Crippen LogP contribution in [0.1, 0.15) is 25.8 Å². The Bertz CT molecular complexity index is 450. The maximum absolute atomic E-state index is 6.22. The van der Waals surface area contributed by atoms with E-state index in [0.29, 0.717) is 23.8 Å². The van der Waals surface area contributed by atoms with Crippen molar-refractivity contribution in [1.29, 1.82) is 0 Å². The molecular formula is C16H23BrClNO2. The summed E-state index contributed by atoms with van der Waals surface area (Å²) in [4.78, 5) is 2.44. The summed E-state index contributed by atoms with van der Waals surface area (Å²) in [6, 6.07) is 3.94. The molecule has 1 saturated heterocycles. The third-order valence-electron chi connectivity index (χ3n) is 3.50. The van der Waals surface area contributed by atoms with Gasteiger partial charge in [-0.25, -0.2) is 0 Å². The molecule has 1 aliphatic rings. The van der Waals surface area contributed by atoms with E-state index in [1.807, 2.05) is 19.1 Å². The van der Waals surface area contributed by atoms with Crippen LogP contribution in [0.3, 0.4) is 0 Å². The summed E-state index contributed by atoms with van der Waals surface area (Å²) in [5.41, 5.74) is 1.12. The van der Waals surface area contributed by atoms with Gasteiger partial charge >= 0.3 is 0 Å². The predicted molar refractivity (Wildman–Crippen MR) is 90.5 cm³/mol. The van der Waals surface area contributed by atoms with Crippen molar-refractivity contribution in [2.45, 2.75) is 39.4 Å². The third kappa shape index (κ3) is 5.13. The standard InChI is InChI=1S/C16H23BrClNO2/c1-11-7-14(17)16(15(18)8-11)20-6-4-5-19-9-12(2)21-13(3)10-19/h7-8,12-13H,4-6,9-10H2,1-3H3/t12-,13-/m0/s1. The molecule has 1 fully saturated rings. The number of morpholine rings is 1. The van der Waals surface area contributed by atoms with Crippen molar-refractivity contribution in [3.63, 3.8) is 0 Å². The van der Waals surface area contributed by atoms with Crippen molar-refractivity contribution in [3.05, 3.63) is 27.2 Å². The number of ether oxygens (including phenoxy) is 2. The fourth-order valence-corrected chi connectivity index (χ4v) is 3.89. The summed E-state index contributed by atoms with van der Waals surface area (Å²) in [7, 11) is 0. The zero-order valence-electron chi connectivity index (χ0n) is 12.9. The van der Waals surface area contributed by atoms with E-state index < -0.39 is 0 Å². The minimum atomic E-state index is 0.315. The molecule has 0 aliphatic carbocycles. The van der Waals surface area contributed by atoms with E-state index in [9.17, 15) is 0 Å². The Balaban J connectivity index is 1.77. The summed E-state index contributed by atoms with van der Waals surface area (Å²) in [5.74, 6) is 0.742. The lowest BCUT2D eigenvalue weighted by Gasteiger charge is -2.35. The van der Waals surface area contributed by atoms with Crippen molar-refractivity contribution >= 4 is 27.5 Å². The van der Waals surface area contributed by atoms with Gasteiger partial charge in [0.05, 0.1) is 28.3 Å². The van der Waals surface area contributed by atoms with Crippen LogP contribution in [0.2, 0.25) is 5.02 Å². The maximum atomic E-state index is 6.22. The number of aryl methyl sites for hydroxylation is 1. The predicted octanol–water partition coefficient (Wildman–Crippen LogP) is 4.29. The minimum absolute atomic E-state index is 0.315. The molecule has 0 unspecified atom stereocenters. The van der Waals surface area contributed by atoms with Crippen LogP contribution >= 0.6 is 27.5 Å². The molecule has 3 nitrogen and oxygen atoms in total. The highest BCUT2D eigenvalue weighted by Gasteiger charge is 2.21. The van der Waals surface area contributed by atoms with E-state index in [1.165, 1.54) is 0 Å². The lowest BCUT2D eigenvalue weighted by atomic mass is 10.2. The van der Waals surface area contributed by atoms with Gasteiger partial charge in [0.25, 0.3) is 0 Å². The van der Waals surface area contributed by atoms with Gasteiger partial charge in [-0.15, -0.1) is 0 Å². The molecule has 0 aromatic heterocycles. The Morgan fingerprint density at radius 1 is 1.33 bits per heavy atom. The average Bonchev–Trinajstić information content (AvgIpc) is 2.35. The lowest BCUT2D eigenvalue weighted by molar-refractivity contribution is -0.0686. The van der Waals surface area contributed by atoms with Crippen molar-refractivity contribution in [1.82, 2.24) is 4.90 Å². The van der Waals surface area contributed by atoms with Gasteiger partial charge in [0.1, 0.15) is 0 Å². The molecule has 1 aromatic rings.